The molecular weight excluding hydrogens is 491 g/mol. The first kappa shape index (κ1) is 25.9. The highest BCUT2D eigenvalue weighted by molar-refractivity contribution is 6.00. The van der Waals surface area contributed by atoms with E-state index in [2.05, 4.69) is 34.0 Å². The van der Waals surface area contributed by atoms with Crippen LogP contribution in [0.2, 0.25) is 0 Å². The molecule has 1 fully saturated rings. The number of benzene rings is 2. The average molecular weight is 522 g/mol. The van der Waals surface area contributed by atoms with Crippen LogP contribution in [-0.4, -0.2) is 56.5 Å². The Balaban J connectivity index is 1.42. The van der Waals surface area contributed by atoms with E-state index in [1.807, 2.05) is 38.1 Å². The van der Waals surface area contributed by atoms with Crippen molar-refractivity contribution >= 4 is 11.6 Å². The molecule has 38 heavy (non-hydrogen) atoms. The summed E-state index contributed by atoms with van der Waals surface area (Å²) in [5, 5.41) is 3.93. The van der Waals surface area contributed by atoms with E-state index in [9.17, 15) is 18.0 Å². The van der Waals surface area contributed by atoms with Crippen LogP contribution in [0.25, 0.3) is 16.9 Å². The highest BCUT2D eigenvalue weighted by Crippen LogP contribution is 2.33. The van der Waals surface area contributed by atoms with Crippen molar-refractivity contribution in [3.8, 4) is 11.3 Å². The third-order valence-corrected chi connectivity index (χ3v) is 7.18. The SMILES string of the molecule is Cc1ccccc1CN1CCN(C(=O)c2cnn3c(C(F)(F)F)cc(-c4ccc(C(C)C)cc4)nc23)CC1. The highest BCUT2D eigenvalue weighted by atomic mass is 19.4. The Morgan fingerprint density at radius 1 is 1.00 bits per heavy atom. The Bertz CT molecular complexity index is 1450. The van der Waals surface area contributed by atoms with Crippen molar-refractivity contribution in [1.82, 2.24) is 24.4 Å². The lowest BCUT2D eigenvalue weighted by Crippen LogP contribution is -2.48. The standard InChI is InChI=1S/C29H30F3N5O/c1-19(2)21-8-10-22(11-9-21)25-16-26(29(30,31)32)37-27(34-25)24(17-33-37)28(38)36-14-12-35(13-15-36)18-23-7-5-4-6-20(23)3/h4-11,16-17,19H,12-15,18H2,1-3H3. The van der Waals surface area contributed by atoms with Crippen molar-refractivity contribution in [3.05, 3.63) is 88.7 Å². The van der Waals surface area contributed by atoms with Gasteiger partial charge in [-0.15, -0.1) is 0 Å². The molecule has 0 atom stereocenters. The summed E-state index contributed by atoms with van der Waals surface area (Å²) in [4.78, 5) is 21.9. The molecule has 0 aliphatic carbocycles. The monoisotopic (exact) mass is 521 g/mol. The second kappa shape index (κ2) is 10.2. The van der Waals surface area contributed by atoms with Gasteiger partial charge in [0, 0.05) is 38.3 Å². The zero-order chi connectivity index (χ0) is 27.0. The summed E-state index contributed by atoms with van der Waals surface area (Å²) in [7, 11) is 0. The molecule has 6 nitrogen and oxygen atoms in total. The summed E-state index contributed by atoms with van der Waals surface area (Å²) in [5.74, 6) is -0.0649. The van der Waals surface area contributed by atoms with E-state index in [0.717, 1.165) is 22.7 Å². The van der Waals surface area contributed by atoms with Crippen LogP contribution in [0.4, 0.5) is 13.2 Å². The van der Waals surface area contributed by atoms with E-state index < -0.39 is 11.9 Å². The number of carbonyl (C=O) groups excluding carboxylic acids is 1. The molecule has 198 valence electrons. The number of hydrogen-bond donors (Lipinski definition) is 0. The maximum absolute atomic E-state index is 14.0. The van der Waals surface area contributed by atoms with Crippen molar-refractivity contribution in [2.75, 3.05) is 26.2 Å². The molecule has 0 bridgehead atoms. The molecule has 1 amide bonds. The van der Waals surface area contributed by atoms with E-state index in [-0.39, 0.29) is 22.8 Å². The molecule has 9 heteroatoms. The van der Waals surface area contributed by atoms with Crippen molar-refractivity contribution in [2.24, 2.45) is 0 Å². The van der Waals surface area contributed by atoms with Gasteiger partial charge in [-0.3, -0.25) is 9.69 Å². The molecular formula is C29H30F3N5O. The zero-order valence-electron chi connectivity index (χ0n) is 21.7. The van der Waals surface area contributed by atoms with E-state index >= 15 is 0 Å². The van der Waals surface area contributed by atoms with Gasteiger partial charge in [-0.1, -0.05) is 62.4 Å². The van der Waals surface area contributed by atoms with Gasteiger partial charge < -0.3 is 4.90 Å². The number of rotatable bonds is 5. The molecule has 0 radical (unpaired) electrons. The molecule has 1 aliphatic rings. The molecule has 4 aromatic rings. The minimum atomic E-state index is -4.67. The molecule has 0 saturated carbocycles. The van der Waals surface area contributed by atoms with Gasteiger partial charge in [-0.2, -0.15) is 18.3 Å². The number of nitrogens with zero attached hydrogens (tertiary/aromatic N) is 5. The summed E-state index contributed by atoms with van der Waals surface area (Å²) < 4.78 is 42.8. The maximum Gasteiger partial charge on any atom is 0.433 e. The number of alkyl halides is 3. The van der Waals surface area contributed by atoms with Crippen LogP contribution < -0.4 is 0 Å². The fourth-order valence-corrected chi connectivity index (χ4v) is 4.81. The number of carbonyl (C=O) groups is 1. The van der Waals surface area contributed by atoms with Crippen LogP contribution >= 0.6 is 0 Å². The highest BCUT2D eigenvalue weighted by Gasteiger charge is 2.36. The Hall–Kier alpha value is -3.72. The molecule has 3 heterocycles. The second-order valence-corrected chi connectivity index (χ2v) is 10.1. The lowest BCUT2D eigenvalue weighted by atomic mass is 10.0. The van der Waals surface area contributed by atoms with Gasteiger partial charge in [-0.25, -0.2) is 9.50 Å². The number of halogens is 3. The Kier molecular flexibility index (Phi) is 6.96. The van der Waals surface area contributed by atoms with Gasteiger partial charge in [0.15, 0.2) is 11.3 Å². The maximum atomic E-state index is 14.0. The van der Waals surface area contributed by atoms with Crippen LogP contribution in [0.5, 0.6) is 0 Å². The normalized spacial score (nSPS) is 15.0. The number of piperazine rings is 1. The van der Waals surface area contributed by atoms with E-state index in [1.54, 1.807) is 17.0 Å². The predicted molar refractivity (Wildman–Crippen MR) is 140 cm³/mol. The lowest BCUT2D eigenvalue weighted by molar-refractivity contribution is -0.142. The minimum Gasteiger partial charge on any atom is -0.336 e. The van der Waals surface area contributed by atoms with Crippen molar-refractivity contribution in [3.63, 3.8) is 0 Å². The predicted octanol–water partition coefficient (Wildman–Crippen LogP) is 5.80. The first-order valence-electron chi connectivity index (χ1n) is 12.7. The number of aromatic nitrogens is 3. The van der Waals surface area contributed by atoms with Crippen LogP contribution in [0.15, 0.2) is 60.8 Å². The molecule has 0 unspecified atom stereocenters. The molecule has 1 saturated heterocycles. The fourth-order valence-electron chi connectivity index (χ4n) is 4.81. The quantitative estimate of drug-likeness (QED) is 0.333. The van der Waals surface area contributed by atoms with Gasteiger partial charge in [0.25, 0.3) is 5.91 Å². The Morgan fingerprint density at radius 2 is 1.68 bits per heavy atom. The lowest BCUT2D eigenvalue weighted by Gasteiger charge is -2.34. The van der Waals surface area contributed by atoms with Crippen LogP contribution in [-0.2, 0) is 12.7 Å². The molecule has 1 aliphatic heterocycles. The van der Waals surface area contributed by atoms with Crippen molar-refractivity contribution in [1.29, 1.82) is 0 Å². The zero-order valence-corrected chi connectivity index (χ0v) is 21.7. The second-order valence-electron chi connectivity index (χ2n) is 10.1. The topological polar surface area (TPSA) is 53.7 Å². The largest absolute Gasteiger partial charge is 0.433 e. The molecule has 2 aromatic heterocycles. The van der Waals surface area contributed by atoms with Crippen LogP contribution in [0, 0.1) is 6.92 Å². The molecule has 0 N–H and O–H groups in total. The van der Waals surface area contributed by atoms with E-state index in [0.29, 0.717) is 37.7 Å². The number of fused-ring (bicyclic) bond motifs is 1. The first-order chi connectivity index (χ1) is 18.1. The molecule has 5 rings (SSSR count). The Labute approximate surface area is 219 Å². The fraction of sp³-hybridized carbons (Fsp3) is 0.345. The smallest absolute Gasteiger partial charge is 0.336 e. The van der Waals surface area contributed by atoms with Crippen LogP contribution in [0.3, 0.4) is 0 Å². The molecule has 0 spiro atoms. The van der Waals surface area contributed by atoms with E-state index in [1.165, 1.54) is 17.3 Å². The van der Waals surface area contributed by atoms with Gasteiger partial charge in [0.1, 0.15) is 5.56 Å². The number of amides is 1. The molecule has 2 aromatic carbocycles. The van der Waals surface area contributed by atoms with E-state index in [4.69, 9.17) is 0 Å². The van der Waals surface area contributed by atoms with Crippen LogP contribution in [0.1, 0.15) is 52.5 Å². The van der Waals surface area contributed by atoms with Gasteiger partial charge in [0.05, 0.1) is 11.9 Å². The third kappa shape index (κ3) is 5.15. The van der Waals surface area contributed by atoms with Gasteiger partial charge in [0.2, 0.25) is 0 Å². The summed E-state index contributed by atoms with van der Waals surface area (Å²) in [6, 6.07) is 16.5. The first-order valence-corrected chi connectivity index (χ1v) is 12.7. The van der Waals surface area contributed by atoms with Gasteiger partial charge >= 0.3 is 6.18 Å². The number of aryl methyl sites for hydroxylation is 1. The third-order valence-electron chi connectivity index (χ3n) is 7.18. The number of hydrogen-bond acceptors (Lipinski definition) is 4. The summed E-state index contributed by atoms with van der Waals surface area (Å²) in [5.41, 5.74) is 3.26. The summed E-state index contributed by atoms with van der Waals surface area (Å²) in [6.45, 7) is 9.27. The minimum absolute atomic E-state index is 0.0727. The van der Waals surface area contributed by atoms with Crippen molar-refractivity contribution in [2.45, 2.75) is 39.4 Å². The van der Waals surface area contributed by atoms with Gasteiger partial charge in [-0.05, 0) is 35.6 Å². The average Bonchev–Trinajstić information content (AvgIpc) is 3.33. The van der Waals surface area contributed by atoms with Crippen molar-refractivity contribution < 1.29 is 18.0 Å². The summed E-state index contributed by atoms with van der Waals surface area (Å²) in [6.07, 6.45) is -3.47. The summed E-state index contributed by atoms with van der Waals surface area (Å²) >= 11 is 0. The Morgan fingerprint density at radius 3 is 2.32 bits per heavy atom.